The molecule has 0 saturated heterocycles. The Hall–Kier alpha value is -3.58. The number of aryl methyl sites for hydroxylation is 1. The number of esters is 1. The summed E-state index contributed by atoms with van der Waals surface area (Å²) in [6, 6.07) is 16.4. The number of carbonyl (C=O) groups is 1. The third-order valence-corrected chi connectivity index (χ3v) is 5.86. The van der Waals surface area contributed by atoms with Crippen molar-refractivity contribution >= 4 is 28.3 Å². The third-order valence-electron chi connectivity index (χ3n) is 4.89. The van der Waals surface area contributed by atoms with Crippen molar-refractivity contribution in [3.05, 3.63) is 108 Å². The second-order valence-corrected chi connectivity index (χ2v) is 7.80. The molecule has 0 aliphatic rings. The summed E-state index contributed by atoms with van der Waals surface area (Å²) in [4.78, 5) is 41.7. The highest BCUT2D eigenvalue weighted by atomic mass is 32.1. The van der Waals surface area contributed by atoms with Crippen LogP contribution in [0.15, 0.2) is 64.2 Å². The standard InChI is InChI=1S/C23H18N2O4S/c1-14-18(12-15-6-4-3-5-7-15)20(26)24-23-25(14)21(27)19(30-23)13-16-8-10-17(11-9-16)22(28)29-2/h3-11,13H,12H2,1-2H3. The van der Waals surface area contributed by atoms with Gasteiger partial charge in [-0.05, 0) is 36.3 Å². The molecule has 0 aliphatic heterocycles. The van der Waals surface area contributed by atoms with Crippen LogP contribution in [-0.4, -0.2) is 22.5 Å². The number of carbonyl (C=O) groups excluding carboxylic acids is 1. The monoisotopic (exact) mass is 418 g/mol. The maximum absolute atomic E-state index is 13.0. The number of rotatable bonds is 4. The fourth-order valence-corrected chi connectivity index (χ4v) is 4.29. The van der Waals surface area contributed by atoms with Crippen molar-refractivity contribution in [2.45, 2.75) is 13.3 Å². The minimum absolute atomic E-state index is 0.216. The molecule has 0 saturated carbocycles. The van der Waals surface area contributed by atoms with Gasteiger partial charge in [-0.2, -0.15) is 4.98 Å². The molecule has 0 aliphatic carbocycles. The predicted octanol–water partition coefficient (Wildman–Crippen LogP) is 2.35. The summed E-state index contributed by atoms with van der Waals surface area (Å²) >= 11 is 1.17. The first-order valence-electron chi connectivity index (χ1n) is 9.27. The average Bonchev–Trinajstić information content (AvgIpc) is 3.06. The molecule has 6 nitrogen and oxygen atoms in total. The molecule has 4 aromatic rings. The second-order valence-electron chi connectivity index (χ2n) is 6.79. The van der Waals surface area contributed by atoms with E-state index in [0.717, 1.165) is 11.1 Å². The Balaban J connectivity index is 1.80. The van der Waals surface area contributed by atoms with Crippen LogP contribution in [-0.2, 0) is 11.2 Å². The van der Waals surface area contributed by atoms with Crippen LogP contribution in [0.4, 0.5) is 0 Å². The highest BCUT2D eigenvalue weighted by molar-refractivity contribution is 7.15. The number of hydrogen-bond donors (Lipinski definition) is 0. The number of hydrogen-bond acceptors (Lipinski definition) is 6. The van der Waals surface area contributed by atoms with E-state index in [9.17, 15) is 14.4 Å². The number of benzene rings is 2. The lowest BCUT2D eigenvalue weighted by molar-refractivity contribution is 0.0600. The van der Waals surface area contributed by atoms with Gasteiger partial charge in [0, 0.05) is 17.7 Å². The van der Waals surface area contributed by atoms with Crippen molar-refractivity contribution < 1.29 is 9.53 Å². The zero-order chi connectivity index (χ0) is 21.3. The summed E-state index contributed by atoms with van der Waals surface area (Å²) < 4.78 is 6.66. The largest absolute Gasteiger partial charge is 0.465 e. The van der Waals surface area contributed by atoms with Gasteiger partial charge >= 0.3 is 5.97 Å². The van der Waals surface area contributed by atoms with Gasteiger partial charge in [0.15, 0.2) is 0 Å². The van der Waals surface area contributed by atoms with Gasteiger partial charge in [-0.15, -0.1) is 0 Å². The van der Waals surface area contributed by atoms with E-state index < -0.39 is 5.97 Å². The van der Waals surface area contributed by atoms with E-state index in [0.29, 0.717) is 32.7 Å². The number of thiazole rings is 1. The van der Waals surface area contributed by atoms with Crippen molar-refractivity contribution in [3.8, 4) is 0 Å². The quantitative estimate of drug-likeness (QED) is 0.476. The second kappa shape index (κ2) is 8.04. The van der Waals surface area contributed by atoms with Crippen LogP contribution in [0.2, 0.25) is 0 Å². The summed E-state index contributed by atoms with van der Waals surface area (Å²) in [6.45, 7) is 1.78. The number of nitrogens with zero attached hydrogens (tertiary/aromatic N) is 2. The molecule has 7 heteroatoms. The van der Waals surface area contributed by atoms with Gasteiger partial charge in [0.1, 0.15) is 0 Å². The number of ether oxygens (including phenoxy) is 1. The van der Waals surface area contributed by atoms with E-state index in [1.54, 1.807) is 37.3 Å². The van der Waals surface area contributed by atoms with E-state index in [1.807, 2.05) is 30.3 Å². The Morgan fingerprint density at radius 2 is 1.80 bits per heavy atom. The summed E-state index contributed by atoms with van der Waals surface area (Å²) in [7, 11) is 1.33. The van der Waals surface area contributed by atoms with Crippen LogP contribution in [0.25, 0.3) is 11.0 Å². The Bertz CT molecular complexity index is 1400. The molecule has 0 fully saturated rings. The van der Waals surface area contributed by atoms with E-state index in [1.165, 1.54) is 22.8 Å². The van der Waals surface area contributed by atoms with Gasteiger partial charge in [0.05, 0.1) is 17.2 Å². The van der Waals surface area contributed by atoms with Gasteiger partial charge in [-0.3, -0.25) is 14.0 Å². The van der Waals surface area contributed by atoms with Crippen molar-refractivity contribution in [2.75, 3.05) is 7.11 Å². The molecule has 0 atom stereocenters. The molecular formula is C23H18N2O4S. The molecule has 4 rings (SSSR count). The van der Waals surface area contributed by atoms with Crippen molar-refractivity contribution in [1.82, 2.24) is 9.38 Å². The van der Waals surface area contributed by atoms with Crippen LogP contribution < -0.4 is 15.7 Å². The molecule has 0 spiro atoms. The predicted molar refractivity (Wildman–Crippen MR) is 116 cm³/mol. The topological polar surface area (TPSA) is 77.7 Å². The van der Waals surface area contributed by atoms with Gasteiger partial charge in [-0.1, -0.05) is 53.8 Å². The molecule has 150 valence electrons. The zero-order valence-corrected chi connectivity index (χ0v) is 17.2. The fraction of sp³-hybridized carbons (Fsp3) is 0.130. The zero-order valence-electron chi connectivity index (χ0n) is 16.4. The molecule has 0 bridgehead atoms. The average molecular weight is 418 g/mol. The van der Waals surface area contributed by atoms with Gasteiger partial charge < -0.3 is 4.74 Å². The molecule has 2 aromatic carbocycles. The molecule has 30 heavy (non-hydrogen) atoms. The minimum Gasteiger partial charge on any atom is -0.465 e. The summed E-state index contributed by atoms with van der Waals surface area (Å²) in [5, 5.41) is 0. The van der Waals surface area contributed by atoms with Gasteiger partial charge in [0.25, 0.3) is 11.1 Å². The summed E-state index contributed by atoms with van der Waals surface area (Å²) in [6.07, 6.45) is 2.15. The molecular weight excluding hydrogens is 400 g/mol. The minimum atomic E-state index is -0.419. The molecule has 0 amide bonds. The number of methoxy groups -OCH3 is 1. The highest BCUT2D eigenvalue weighted by Crippen LogP contribution is 2.12. The van der Waals surface area contributed by atoms with Gasteiger partial charge in [-0.25, -0.2) is 4.79 Å². The van der Waals surface area contributed by atoms with Crippen LogP contribution >= 0.6 is 11.3 Å². The fourth-order valence-electron chi connectivity index (χ4n) is 3.28. The third kappa shape index (κ3) is 3.67. The van der Waals surface area contributed by atoms with E-state index in [4.69, 9.17) is 4.74 Å². The maximum Gasteiger partial charge on any atom is 0.337 e. The van der Waals surface area contributed by atoms with Crippen LogP contribution in [0, 0.1) is 6.92 Å². The van der Waals surface area contributed by atoms with Crippen LogP contribution in [0.5, 0.6) is 0 Å². The van der Waals surface area contributed by atoms with Crippen LogP contribution in [0.3, 0.4) is 0 Å². The van der Waals surface area contributed by atoms with Crippen molar-refractivity contribution in [2.24, 2.45) is 0 Å². The molecule has 0 unspecified atom stereocenters. The van der Waals surface area contributed by atoms with E-state index in [2.05, 4.69) is 4.98 Å². The van der Waals surface area contributed by atoms with Crippen molar-refractivity contribution in [1.29, 1.82) is 0 Å². The Morgan fingerprint density at radius 1 is 1.10 bits per heavy atom. The maximum atomic E-state index is 13.0. The first-order valence-corrected chi connectivity index (χ1v) is 10.1. The van der Waals surface area contributed by atoms with E-state index >= 15 is 0 Å². The first-order chi connectivity index (χ1) is 14.5. The SMILES string of the molecule is COC(=O)c1ccc(C=c2sc3nc(=O)c(Cc4ccccc4)c(C)n3c2=O)cc1. The normalized spacial score (nSPS) is 11.7. The molecule has 2 heterocycles. The molecule has 2 aromatic heterocycles. The lowest BCUT2D eigenvalue weighted by Crippen LogP contribution is -2.27. The number of fused-ring (bicyclic) bond motifs is 1. The summed E-state index contributed by atoms with van der Waals surface area (Å²) in [5.41, 5.74) is 2.77. The molecule has 0 N–H and O–H groups in total. The van der Waals surface area contributed by atoms with Gasteiger partial charge in [0.2, 0.25) is 4.96 Å². The van der Waals surface area contributed by atoms with E-state index in [-0.39, 0.29) is 11.1 Å². The highest BCUT2D eigenvalue weighted by Gasteiger charge is 2.15. The first kappa shape index (κ1) is 19.7. The Kier molecular flexibility index (Phi) is 5.29. The van der Waals surface area contributed by atoms with Crippen molar-refractivity contribution in [3.63, 3.8) is 0 Å². The Labute approximate surface area is 175 Å². The molecule has 0 radical (unpaired) electrons. The smallest absolute Gasteiger partial charge is 0.337 e. The lowest BCUT2D eigenvalue weighted by Gasteiger charge is -2.06. The van der Waals surface area contributed by atoms with Crippen LogP contribution in [0.1, 0.15) is 32.7 Å². The lowest BCUT2D eigenvalue weighted by atomic mass is 10.1. The number of aromatic nitrogens is 2. The Morgan fingerprint density at radius 3 is 2.47 bits per heavy atom. The summed E-state index contributed by atoms with van der Waals surface area (Å²) in [5.74, 6) is -0.419.